The topological polar surface area (TPSA) is 52.6 Å². The van der Waals surface area contributed by atoms with Gasteiger partial charge in [0.2, 0.25) is 0 Å². The van der Waals surface area contributed by atoms with Crippen LogP contribution in [0.4, 0.5) is 0 Å². The van der Waals surface area contributed by atoms with Gasteiger partial charge in [-0.05, 0) is 37.4 Å². The van der Waals surface area contributed by atoms with Gasteiger partial charge in [0.1, 0.15) is 0 Å². The lowest BCUT2D eigenvalue weighted by Crippen LogP contribution is -2.42. The van der Waals surface area contributed by atoms with E-state index < -0.39 is 0 Å². The Balaban J connectivity index is 1.50. The van der Waals surface area contributed by atoms with Crippen molar-refractivity contribution >= 4 is 16.7 Å². The summed E-state index contributed by atoms with van der Waals surface area (Å²) >= 11 is 0. The fourth-order valence-electron chi connectivity index (χ4n) is 3.23. The molecule has 0 bridgehead atoms. The van der Waals surface area contributed by atoms with E-state index in [0.717, 1.165) is 24.7 Å². The largest absolute Gasteiger partial charge is 0.355 e. The molecule has 0 atom stereocenters. The molecule has 1 fully saturated rings. The van der Waals surface area contributed by atoms with Crippen LogP contribution in [0.3, 0.4) is 0 Å². The number of hydrogen-bond acceptors (Lipinski definition) is 3. The third-order valence-electron chi connectivity index (χ3n) is 4.57. The second kappa shape index (κ2) is 8.64. The van der Waals surface area contributed by atoms with Crippen molar-refractivity contribution in [1.29, 1.82) is 0 Å². The zero-order chi connectivity index (χ0) is 16.6. The van der Waals surface area contributed by atoms with Gasteiger partial charge in [0.15, 0.2) is 5.96 Å². The number of pyridine rings is 1. The van der Waals surface area contributed by atoms with Crippen LogP contribution in [0.15, 0.2) is 41.5 Å². The minimum absolute atomic E-state index is 0.671. The maximum Gasteiger partial charge on any atom is 0.191 e. The third-order valence-corrected chi connectivity index (χ3v) is 4.57. The van der Waals surface area contributed by atoms with E-state index in [2.05, 4.69) is 49.8 Å². The predicted octanol–water partition coefficient (Wildman–Crippen LogP) is 2.39. The number of piperidine rings is 1. The lowest BCUT2D eigenvalue weighted by atomic mass is 10.1. The molecule has 2 aromatic rings. The first-order valence-corrected chi connectivity index (χ1v) is 8.86. The van der Waals surface area contributed by atoms with Crippen molar-refractivity contribution in [3.05, 3.63) is 42.2 Å². The molecule has 0 saturated carbocycles. The monoisotopic (exact) mass is 325 g/mol. The van der Waals surface area contributed by atoms with Crippen molar-refractivity contribution in [2.24, 2.45) is 4.99 Å². The molecular formula is C19H27N5. The number of aromatic nitrogens is 1. The molecule has 0 amide bonds. The zero-order valence-electron chi connectivity index (χ0n) is 14.5. The van der Waals surface area contributed by atoms with Crippen molar-refractivity contribution in [2.75, 3.05) is 33.2 Å². The Morgan fingerprint density at radius 1 is 1.12 bits per heavy atom. The van der Waals surface area contributed by atoms with Gasteiger partial charge in [-0.25, -0.2) is 0 Å². The molecule has 0 unspecified atom stereocenters. The zero-order valence-corrected chi connectivity index (χ0v) is 14.5. The van der Waals surface area contributed by atoms with Gasteiger partial charge in [0.05, 0.1) is 12.2 Å². The number of likely N-dealkylation sites (tertiary alicyclic amines) is 1. The van der Waals surface area contributed by atoms with Gasteiger partial charge in [-0.1, -0.05) is 30.7 Å². The Bertz CT molecular complexity index is 671. The van der Waals surface area contributed by atoms with E-state index in [0.29, 0.717) is 6.54 Å². The molecule has 5 nitrogen and oxygen atoms in total. The number of nitrogens with zero attached hydrogens (tertiary/aromatic N) is 3. The summed E-state index contributed by atoms with van der Waals surface area (Å²) < 4.78 is 0. The highest BCUT2D eigenvalue weighted by molar-refractivity contribution is 5.85. The van der Waals surface area contributed by atoms with Crippen LogP contribution < -0.4 is 10.6 Å². The van der Waals surface area contributed by atoms with E-state index in [9.17, 15) is 0 Å². The van der Waals surface area contributed by atoms with E-state index >= 15 is 0 Å². The van der Waals surface area contributed by atoms with E-state index in [4.69, 9.17) is 0 Å². The first-order valence-electron chi connectivity index (χ1n) is 8.86. The average Bonchev–Trinajstić information content (AvgIpc) is 2.65. The molecule has 0 radical (unpaired) electrons. The van der Waals surface area contributed by atoms with Gasteiger partial charge in [-0.2, -0.15) is 0 Å². The summed E-state index contributed by atoms with van der Waals surface area (Å²) in [5.41, 5.74) is 1.05. The molecule has 0 aliphatic carbocycles. The van der Waals surface area contributed by atoms with E-state index in [1.54, 1.807) is 0 Å². The summed E-state index contributed by atoms with van der Waals surface area (Å²) in [7, 11) is 1.81. The molecule has 2 heterocycles. The molecule has 1 aromatic heterocycles. The van der Waals surface area contributed by atoms with Crippen LogP contribution in [0.25, 0.3) is 10.8 Å². The summed E-state index contributed by atoms with van der Waals surface area (Å²) in [6.07, 6.45) is 5.91. The third kappa shape index (κ3) is 4.45. The fourth-order valence-corrected chi connectivity index (χ4v) is 3.23. The smallest absolute Gasteiger partial charge is 0.191 e. The predicted molar refractivity (Wildman–Crippen MR) is 100 cm³/mol. The Morgan fingerprint density at radius 2 is 1.96 bits per heavy atom. The minimum atomic E-state index is 0.671. The highest BCUT2D eigenvalue weighted by atomic mass is 15.2. The lowest BCUT2D eigenvalue weighted by Gasteiger charge is -2.26. The molecule has 1 saturated heterocycles. The molecule has 2 N–H and O–H groups in total. The van der Waals surface area contributed by atoms with Crippen molar-refractivity contribution in [3.63, 3.8) is 0 Å². The molecule has 5 heteroatoms. The SMILES string of the molecule is CN=C(NCCN1CCCCC1)NCc1nccc2ccccc12. The molecule has 1 aromatic carbocycles. The summed E-state index contributed by atoms with van der Waals surface area (Å²) in [5, 5.41) is 9.19. The molecule has 128 valence electrons. The van der Waals surface area contributed by atoms with Crippen molar-refractivity contribution in [2.45, 2.75) is 25.8 Å². The van der Waals surface area contributed by atoms with Gasteiger partial charge in [-0.15, -0.1) is 0 Å². The van der Waals surface area contributed by atoms with Crippen LogP contribution in [0, 0.1) is 0 Å². The quantitative estimate of drug-likeness (QED) is 0.655. The minimum Gasteiger partial charge on any atom is -0.355 e. The van der Waals surface area contributed by atoms with E-state index in [1.807, 2.05) is 19.3 Å². The van der Waals surface area contributed by atoms with Crippen LogP contribution in [0.5, 0.6) is 0 Å². The number of guanidine groups is 1. The summed E-state index contributed by atoms with van der Waals surface area (Å²) in [4.78, 5) is 11.4. The first kappa shape index (κ1) is 16.7. The molecular weight excluding hydrogens is 298 g/mol. The summed E-state index contributed by atoms with van der Waals surface area (Å²) in [6.45, 7) is 5.13. The maximum atomic E-state index is 4.51. The molecule has 1 aliphatic heterocycles. The highest BCUT2D eigenvalue weighted by Crippen LogP contribution is 2.15. The van der Waals surface area contributed by atoms with Crippen LogP contribution in [-0.2, 0) is 6.54 Å². The van der Waals surface area contributed by atoms with E-state index in [1.165, 1.54) is 43.1 Å². The standard InChI is InChI=1S/C19H27N5/c1-20-19(22-11-14-24-12-5-2-6-13-24)23-15-18-17-8-4-3-7-16(17)9-10-21-18/h3-4,7-10H,2,5-6,11-15H2,1H3,(H2,20,22,23). The van der Waals surface area contributed by atoms with Crippen LogP contribution in [-0.4, -0.2) is 49.1 Å². The fraction of sp³-hybridized carbons (Fsp3) is 0.474. The number of nitrogens with one attached hydrogen (secondary N) is 2. The van der Waals surface area contributed by atoms with Crippen LogP contribution in [0.2, 0.25) is 0 Å². The second-order valence-electron chi connectivity index (χ2n) is 6.23. The number of fused-ring (bicyclic) bond motifs is 1. The average molecular weight is 325 g/mol. The Hall–Kier alpha value is -2.14. The second-order valence-corrected chi connectivity index (χ2v) is 6.23. The lowest BCUT2D eigenvalue weighted by molar-refractivity contribution is 0.232. The summed E-state index contributed by atoms with van der Waals surface area (Å²) in [5.74, 6) is 0.835. The summed E-state index contributed by atoms with van der Waals surface area (Å²) in [6, 6.07) is 10.4. The molecule has 24 heavy (non-hydrogen) atoms. The number of hydrogen-bond donors (Lipinski definition) is 2. The first-order chi connectivity index (χ1) is 11.9. The number of rotatable bonds is 5. The highest BCUT2D eigenvalue weighted by Gasteiger charge is 2.09. The molecule has 1 aliphatic rings. The Labute approximate surface area is 144 Å². The normalized spacial score (nSPS) is 16.3. The Kier molecular flexibility index (Phi) is 6.01. The number of aliphatic imine (C=N–C) groups is 1. The van der Waals surface area contributed by atoms with Crippen LogP contribution >= 0.6 is 0 Å². The van der Waals surface area contributed by atoms with Gasteiger partial charge in [0, 0.05) is 31.7 Å². The molecule has 3 rings (SSSR count). The van der Waals surface area contributed by atoms with Crippen molar-refractivity contribution in [3.8, 4) is 0 Å². The van der Waals surface area contributed by atoms with Crippen molar-refractivity contribution in [1.82, 2.24) is 20.5 Å². The Morgan fingerprint density at radius 3 is 2.79 bits per heavy atom. The maximum absolute atomic E-state index is 4.51. The van der Waals surface area contributed by atoms with E-state index in [-0.39, 0.29) is 0 Å². The van der Waals surface area contributed by atoms with Gasteiger partial charge in [-0.3, -0.25) is 9.98 Å². The van der Waals surface area contributed by atoms with Gasteiger partial charge >= 0.3 is 0 Å². The van der Waals surface area contributed by atoms with Crippen molar-refractivity contribution < 1.29 is 0 Å². The number of benzene rings is 1. The van der Waals surface area contributed by atoms with Crippen LogP contribution in [0.1, 0.15) is 25.0 Å². The van der Waals surface area contributed by atoms with Gasteiger partial charge < -0.3 is 15.5 Å². The molecule has 0 spiro atoms. The van der Waals surface area contributed by atoms with Gasteiger partial charge in [0.25, 0.3) is 0 Å².